The number of nitrogens with zero attached hydrogens (tertiary/aromatic N) is 1. The summed E-state index contributed by atoms with van der Waals surface area (Å²) < 4.78 is 5.94. The third-order valence-corrected chi connectivity index (χ3v) is 9.18. The Morgan fingerprint density at radius 1 is 1.22 bits per heavy atom. The standard InChI is InChI=1S/C29H38INO6/c1-16(11-18-13-22(30)27(34)24(14-18)37-3)9-10-23(33)25-17(2)12-20-26(21(25)15-32)29(36)31(28(20)35)19-7-5-4-6-8-19/h11,13-14,19-21,23,26,32-34H,4-10,12,15H2,1-3H3/b16-11+/t20-,21+,23-,26-/m1/s1. The average molecular weight is 624 g/mol. The van der Waals surface area contributed by atoms with Gasteiger partial charge < -0.3 is 20.1 Å². The Morgan fingerprint density at radius 2 is 1.92 bits per heavy atom. The van der Waals surface area contributed by atoms with Crippen LogP contribution in [0.5, 0.6) is 11.5 Å². The second kappa shape index (κ2) is 11.9. The smallest absolute Gasteiger partial charge is 0.234 e. The fraction of sp³-hybridized carbons (Fsp3) is 0.586. The Hall–Kier alpha value is -1.91. The van der Waals surface area contributed by atoms with Crippen LogP contribution in [0.1, 0.15) is 70.8 Å². The van der Waals surface area contributed by atoms with Crippen LogP contribution < -0.4 is 4.74 Å². The van der Waals surface area contributed by atoms with Crippen molar-refractivity contribution in [2.24, 2.45) is 17.8 Å². The molecule has 3 aliphatic rings. The number of aliphatic hydroxyl groups is 2. The number of carbonyl (C=O) groups is 2. The number of amides is 2. The first-order valence-electron chi connectivity index (χ1n) is 13.3. The number of halogens is 1. The predicted molar refractivity (Wildman–Crippen MR) is 150 cm³/mol. The van der Waals surface area contributed by atoms with Crippen molar-refractivity contribution in [1.29, 1.82) is 0 Å². The van der Waals surface area contributed by atoms with Gasteiger partial charge in [-0.05, 0) is 91.8 Å². The molecule has 1 saturated carbocycles. The number of imide groups is 1. The fourth-order valence-electron chi connectivity index (χ4n) is 6.55. The van der Waals surface area contributed by atoms with Crippen LogP contribution in [-0.2, 0) is 9.59 Å². The van der Waals surface area contributed by atoms with E-state index >= 15 is 0 Å². The third kappa shape index (κ3) is 5.61. The lowest BCUT2D eigenvalue weighted by Gasteiger charge is -2.35. The molecule has 0 spiro atoms. The van der Waals surface area contributed by atoms with Gasteiger partial charge in [-0.15, -0.1) is 0 Å². The van der Waals surface area contributed by atoms with E-state index in [1.807, 2.05) is 26.0 Å². The van der Waals surface area contributed by atoms with Gasteiger partial charge in [0.2, 0.25) is 11.8 Å². The minimum absolute atomic E-state index is 0.0262. The number of allylic oxidation sites excluding steroid dienone is 2. The molecule has 1 aromatic rings. The molecule has 7 nitrogen and oxygen atoms in total. The summed E-state index contributed by atoms with van der Waals surface area (Å²) >= 11 is 2.06. The molecule has 0 aromatic heterocycles. The van der Waals surface area contributed by atoms with Crippen LogP contribution in [0.4, 0.5) is 0 Å². The van der Waals surface area contributed by atoms with Crippen molar-refractivity contribution in [2.75, 3.05) is 13.7 Å². The van der Waals surface area contributed by atoms with Gasteiger partial charge in [0.1, 0.15) is 0 Å². The average Bonchev–Trinajstić information content (AvgIpc) is 3.13. The highest BCUT2D eigenvalue weighted by Gasteiger charge is 2.55. The number of hydrogen-bond acceptors (Lipinski definition) is 6. The molecule has 4 atom stereocenters. The van der Waals surface area contributed by atoms with Gasteiger partial charge in [-0.3, -0.25) is 14.5 Å². The fourth-order valence-corrected chi connectivity index (χ4v) is 7.18. The molecule has 1 aromatic carbocycles. The highest BCUT2D eigenvalue weighted by atomic mass is 127. The van der Waals surface area contributed by atoms with Crippen LogP contribution in [0.25, 0.3) is 6.08 Å². The molecule has 4 rings (SSSR count). The molecule has 0 bridgehead atoms. The number of ether oxygens (including phenoxy) is 1. The van der Waals surface area contributed by atoms with Crippen LogP contribution in [0.3, 0.4) is 0 Å². The van der Waals surface area contributed by atoms with Gasteiger partial charge >= 0.3 is 0 Å². The molecule has 1 aliphatic heterocycles. The van der Waals surface area contributed by atoms with Crippen molar-refractivity contribution < 1.29 is 29.6 Å². The summed E-state index contributed by atoms with van der Waals surface area (Å²) in [5.41, 5.74) is 3.58. The quantitative estimate of drug-likeness (QED) is 0.218. The van der Waals surface area contributed by atoms with Crippen molar-refractivity contribution in [1.82, 2.24) is 4.90 Å². The Balaban J connectivity index is 1.49. The van der Waals surface area contributed by atoms with Crippen molar-refractivity contribution in [3.63, 3.8) is 0 Å². The van der Waals surface area contributed by atoms with Gasteiger partial charge in [-0.1, -0.05) is 36.5 Å². The maximum absolute atomic E-state index is 13.5. The summed E-state index contributed by atoms with van der Waals surface area (Å²) in [5.74, 6) is -1.29. The molecule has 0 radical (unpaired) electrons. The molecule has 2 amide bonds. The van der Waals surface area contributed by atoms with Crippen LogP contribution >= 0.6 is 22.6 Å². The Kier molecular flexibility index (Phi) is 9.01. The molecular weight excluding hydrogens is 585 g/mol. The number of rotatable bonds is 8. The SMILES string of the molecule is COc1cc(/C=C(\C)CC[C@@H](O)C2=C(C)C[C@H]3C(=O)N(C4CCCCC4)C(=O)[C@H]3[C@H]2CO)cc(I)c1O. The monoisotopic (exact) mass is 623 g/mol. The molecule has 8 heteroatoms. The van der Waals surface area contributed by atoms with Gasteiger partial charge in [0.05, 0.1) is 35.2 Å². The Bertz CT molecular complexity index is 1110. The van der Waals surface area contributed by atoms with E-state index in [9.17, 15) is 24.9 Å². The van der Waals surface area contributed by atoms with Gasteiger partial charge in [-0.25, -0.2) is 0 Å². The highest BCUT2D eigenvalue weighted by molar-refractivity contribution is 14.1. The lowest BCUT2D eigenvalue weighted by Crippen LogP contribution is -2.42. The lowest BCUT2D eigenvalue weighted by molar-refractivity contribution is -0.143. The molecule has 202 valence electrons. The predicted octanol–water partition coefficient (Wildman–Crippen LogP) is 4.81. The summed E-state index contributed by atoms with van der Waals surface area (Å²) in [5, 5.41) is 31.7. The van der Waals surface area contributed by atoms with Crippen LogP contribution in [-0.4, -0.2) is 57.9 Å². The van der Waals surface area contributed by atoms with E-state index in [-0.39, 0.29) is 30.2 Å². The lowest BCUT2D eigenvalue weighted by atomic mass is 9.68. The van der Waals surface area contributed by atoms with E-state index in [4.69, 9.17) is 4.74 Å². The van der Waals surface area contributed by atoms with Gasteiger partial charge in [0, 0.05) is 12.0 Å². The number of hydrogen-bond donors (Lipinski definition) is 3. The largest absolute Gasteiger partial charge is 0.504 e. The number of likely N-dealkylation sites (tertiary alicyclic amines) is 1. The number of benzene rings is 1. The zero-order valence-corrected chi connectivity index (χ0v) is 24.0. The number of aromatic hydroxyl groups is 1. The minimum atomic E-state index is -0.803. The Morgan fingerprint density at radius 3 is 2.57 bits per heavy atom. The number of phenolic OH excluding ortho intramolecular Hbond substituents is 1. The number of aliphatic hydroxyl groups excluding tert-OH is 2. The first-order chi connectivity index (χ1) is 17.7. The van der Waals surface area contributed by atoms with Crippen molar-refractivity contribution in [3.8, 4) is 11.5 Å². The van der Waals surface area contributed by atoms with Gasteiger partial charge in [0.15, 0.2) is 11.5 Å². The van der Waals surface area contributed by atoms with E-state index in [1.54, 1.807) is 6.07 Å². The van der Waals surface area contributed by atoms with Gasteiger partial charge in [-0.2, -0.15) is 0 Å². The number of fused-ring (bicyclic) bond motifs is 1. The molecule has 0 unspecified atom stereocenters. The van der Waals surface area contributed by atoms with Crippen LogP contribution in [0.2, 0.25) is 0 Å². The van der Waals surface area contributed by atoms with E-state index < -0.39 is 23.9 Å². The molecule has 37 heavy (non-hydrogen) atoms. The summed E-state index contributed by atoms with van der Waals surface area (Å²) in [6.07, 6.45) is 7.65. The number of phenols is 1. The maximum Gasteiger partial charge on any atom is 0.234 e. The highest BCUT2D eigenvalue weighted by Crippen LogP contribution is 2.47. The van der Waals surface area contributed by atoms with E-state index in [2.05, 4.69) is 22.6 Å². The molecular formula is C29H38INO6. The molecule has 2 aliphatic carbocycles. The Labute approximate surface area is 232 Å². The van der Waals surface area contributed by atoms with E-state index in [0.717, 1.165) is 54.4 Å². The molecule has 1 saturated heterocycles. The molecule has 1 heterocycles. The van der Waals surface area contributed by atoms with Crippen molar-refractivity contribution in [2.45, 2.75) is 77.4 Å². The number of carbonyl (C=O) groups excluding carboxylic acids is 2. The summed E-state index contributed by atoms with van der Waals surface area (Å²) in [7, 11) is 1.52. The third-order valence-electron chi connectivity index (χ3n) is 8.35. The summed E-state index contributed by atoms with van der Waals surface area (Å²) in [6, 6.07) is 3.62. The molecule has 2 fully saturated rings. The van der Waals surface area contributed by atoms with Crippen molar-refractivity contribution in [3.05, 3.63) is 38.0 Å². The van der Waals surface area contributed by atoms with Crippen LogP contribution in [0.15, 0.2) is 28.9 Å². The van der Waals surface area contributed by atoms with Gasteiger partial charge in [0.25, 0.3) is 0 Å². The summed E-state index contributed by atoms with van der Waals surface area (Å²) in [4.78, 5) is 28.4. The first-order valence-corrected chi connectivity index (χ1v) is 14.3. The zero-order valence-electron chi connectivity index (χ0n) is 21.9. The second-order valence-electron chi connectivity index (χ2n) is 10.8. The maximum atomic E-state index is 13.5. The zero-order chi connectivity index (χ0) is 26.9. The first kappa shape index (κ1) is 28.1. The molecule has 3 N–H and O–H groups in total. The van der Waals surface area contributed by atoms with Crippen LogP contribution in [0, 0.1) is 21.3 Å². The van der Waals surface area contributed by atoms with E-state index in [0.29, 0.717) is 28.6 Å². The minimum Gasteiger partial charge on any atom is -0.504 e. The normalized spacial score (nSPS) is 26.1. The number of methoxy groups -OCH3 is 1. The topological polar surface area (TPSA) is 107 Å². The second-order valence-corrected chi connectivity index (χ2v) is 12.0. The van der Waals surface area contributed by atoms with Crippen molar-refractivity contribution >= 4 is 40.5 Å². The van der Waals surface area contributed by atoms with E-state index in [1.165, 1.54) is 12.0 Å². The summed E-state index contributed by atoms with van der Waals surface area (Å²) in [6.45, 7) is 3.65.